The Hall–Kier alpha value is -2.48. The fourth-order valence-electron chi connectivity index (χ4n) is 2.00. The molecule has 0 radical (unpaired) electrons. The van der Waals surface area contributed by atoms with Crippen LogP contribution in [-0.4, -0.2) is 28.8 Å². The molecule has 1 aromatic heterocycles. The zero-order chi connectivity index (χ0) is 16.1. The number of rotatable bonds is 6. The predicted molar refractivity (Wildman–Crippen MR) is 85.5 cm³/mol. The van der Waals surface area contributed by atoms with Crippen molar-refractivity contribution in [3.8, 4) is 0 Å². The molecule has 1 heterocycles. The normalized spacial score (nSPS) is 10.3. The molecule has 2 N–H and O–H groups in total. The van der Waals surface area contributed by atoms with Gasteiger partial charge >= 0.3 is 0 Å². The molecule has 0 bridgehead atoms. The number of nitro groups is 1. The number of carbonyl (C=O) groups excluding carboxylic acids is 1. The molecule has 8 heteroatoms. The van der Waals surface area contributed by atoms with Crippen LogP contribution in [0.15, 0.2) is 24.3 Å². The van der Waals surface area contributed by atoms with Crippen LogP contribution in [0, 0.1) is 17.0 Å². The molecule has 2 rings (SSSR count). The van der Waals surface area contributed by atoms with E-state index in [-0.39, 0.29) is 11.6 Å². The van der Waals surface area contributed by atoms with E-state index in [1.807, 2.05) is 0 Å². The summed E-state index contributed by atoms with van der Waals surface area (Å²) in [5.41, 5.74) is 2.25. The molecule has 0 saturated carbocycles. The van der Waals surface area contributed by atoms with Gasteiger partial charge in [-0.25, -0.2) is 0 Å². The van der Waals surface area contributed by atoms with Crippen LogP contribution in [0.4, 0.5) is 10.7 Å². The molecule has 0 spiro atoms. The Labute approximate surface area is 131 Å². The molecule has 0 aliphatic rings. The summed E-state index contributed by atoms with van der Waals surface area (Å²) in [6.07, 6.45) is 0.606. The third kappa shape index (κ3) is 3.59. The van der Waals surface area contributed by atoms with Gasteiger partial charge in [-0.05, 0) is 30.4 Å². The molecule has 2 aromatic rings. The Morgan fingerprint density at radius 1 is 1.36 bits per heavy atom. The van der Waals surface area contributed by atoms with E-state index < -0.39 is 4.92 Å². The molecule has 1 aromatic carbocycles. The number of hydrogen-bond donors (Lipinski definition) is 2. The Kier molecular flexibility index (Phi) is 5.05. The number of nitro benzene ring substituents is 1. The molecule has 0 atom stereocenters. The van der Waals surface area contributed by atoms with E-state index in [1.54, 1.807) is 26.1 Å². The summed E-state index contributed by atoms with van der Waals surface area (Å²) in [5, 5.41) is 17.1. The van der Waals surface area contributed by atoms with Gasteiger partial charge in [0.05, 0.1) is 16.2 Å². The van der Waals surface area contributed by atoms with Gasteiger partial charge in [-0.3, -0.25) is 14.9 Å². The zero-order valence-electron chi connectivity index (χ0n) is 12.3. The van der Waals surface area contributed by atoms with E-state index >= 15 is 0 Å². The predicted octanol–water partition coefficient (Wildman–Crippen LogP) is 2.37. The summed E-state index contributed by atoms with van der Waals surface area (Å²) in [5.74, 6) is -0.169. The first-order valence-electron chi connectivity index (χ1n) is 6.68. The number of anilines is 1. The number of amides is 1. The first kappa shape index (κ1) is 15.9. The topological polar surface area (TPSA) is 97.2 Å². The molecule has 116 valence electrons. The second-order valence-corrected chi connectivity index (χ2v) is 5.42. The number of non-ortho nitro benzene ring substituents is 1. The van der Waals surface area contributed by atoms with Crippen LogP contribution in [0.25, 0.3) is 0 Å². The first-order valence-corrected chi connectivity index (χ1v) is 7.46. The first-order chi connectivity index (χ1) is 10.5. The highest BCUT2D eigenvalue weighted by molar-refractivity contribution is 7.10. The number of aromatic nitrogens is 1. The van der Waals surface area contributed by atoms with Gasteiger partial charge in [-0.1, -0.05) is 12.1 Å². The smallest absolute Gasteiger partial charge is 0.269 e. The zero-order valence-corrected chi connectivity index (χ0v) is 13.1. The number of carbonyl (C=O) groups is 1. The van der Waals surface area contributed by atoms with Crippen LogP contribution in [0.1, 0.15) is 21.6 Å². The highest BCUT2D eigenvalue weighted by atomic mass is 32.1. The van der Waals surface area contributed by atoms with Crippen molar-refractivity contribution in [2.45, 2.75) is 13.3 Å². The van der Waals surface area contributed by atoms with Crippen LogP contribution in [0.5, 0.6) is 0 Å². The quantitative estimate of drug-likeness (QED) is 0.629. The van der Waals surface area contributed by atoms with E-state index in [0.29, 0.717) is 24.2 Å². The maximum Gasteiger partial charge on any atom is 0.269 e. The van der Waals surface area contributed by atoms with Crippen molar-refractivity contribution in [1.82, 2.24) is 9.69 Å². The van der Waals surface area contributed by atoms with Crippen molar-refractivity contribution < 1.29 is 9.72 Å². The molecule has 22 heavy (non-hydrogen) atoms. The Morgan fingerprint density at radius 2 is 2.05 bits per heavy atom. The van der Waals surface area contributed by atoms with Gasteiger partial charge in [-0.2, -0.15) is 4.37 Å². The van der Waals surface area contributed by atoms with Crippen LogP contribution >= 0.6 is 11.5 Å². The molecule has 0 saturated heterocycles. The second-order valence-electron chi connectivity index (χ2n) is 4.65. The average Bonchev–Trinajstić information content (AvgIpc) is 2.88. The number of aryl methyl sites for hydroxylation is 1. The lowest BCUT2D eigenvalue weighted by Gasteiger charge is -2.06. The number of nitrogens with one attached hydrogen (secondary N) is 2. The Bertz CT molecular complexity index is 682. The minimum absolute atomic E-state index is 0.0615. The van der Waals surface area contributed by atoms with Gasteiger partial charge in [0.15, 0.2) is 0 Å². The minimum Gasteiger partial charge on any atom is -0.378 e. The summed E-state index contributed by atoms with van der Waals surface area (Å²) in [6.45, 7) is 2.25. The van der Waals surface area contributed by atoms with E-state index in [1.165, 1.54) is 23.7 Å². The maximum atomic E-state index is 12.2. The monoisotopic (exact) mass is 320 g/mol. The second kappa shape index (κ2) is 6.99. The molecule has 0 aliphatic carbocycles. The molecular formula is C14H16N4O3S. The van der Waals surface area contributed by atoms with E-state index in [0.717, 1.165) is 10.6 Å². The fraction of sp³-hybridized carbons (Fsp3) is 0.286. The van der Waals surface area contributed by atoms with Gasteiger partial charge in [-0.15, -0.1) is 0 Å². The van der Waals surface area contributed by atoms with Crippen LogP contribution in [0.2, 0.25) is 0 Å². The van der Waals surface area contributed by atoms with Crippen molar-refractivity contribution in [2.24, 2.45) is 0 Å². The Morgan fingerprint density at radius 3 is 2.64 bits per heavy atom. The number of benzene rings is 1. The summed E-state index contributed by atoms with van der Waals surface area (Å²) in [4.78, 5) is 22.3. The fourth-order valence-corrected chi connectivity index (χ4v) is 2.74. The molecule has 0 fully saturated rings. The van der Waals surface area contributed by atoms with Gasteiger partial charge in [0.25, 0.3) is 11.6 Å². The van der Waals surface area contributed by atoms with Gasteiger partial charge in [0.1, 0.15) is 5.00 Å². The molecular weight excluding hydrogens is 304 g/mol. The summed E-state index contributed by atoms with van der Waals surface area (Å²) >= 11 is 1.25. The third-order valence-electron chi connectivity index (χ3n) is 3.16. The SMILES string of the molecule is CNc1snc(C)c1C(=O)NCCc1ccc([N+](=O)[O-])cc1. The lowest BCUT2D eigenvalue weighted by atomic mass is 10.1. The highest BCUT2D eigenvalue weighted by Crippen LogP contribution is 2.23. The summed E-state index contributed by atoms with van der Waals surface area (Å²) in [6, 6.07) is 6.31. The highest BCUT2D eigenvalue weighted by Gasteiger charge is 2.17. The van der Waals surface area contributed by atoms with Gasteiger partial charge < -0.3 is 10.6 Å². The maximum absolute atomic E-state index is 12.2. The number of nitrogens with zero attached hydrogens (tertiary/aromatic N) is 2. The Balaban J connectivity index is 1.92. The minimum atomic E-state index is -0.433. The van der Waals surface area contributed by atoms with Gasteiger partial charge in [0, 0.05) is 25.7 Å². The summed E-state index contributed by atoms with van der Waals surface area (Å²) in [7, 11) is 1.75. The van der Waals surface area contributed by atoms with Crippen molar-refractivity contribution >= 4 is 28.1 Å². The standard InChI is InChI=1S/C14H16N4O3S/c1-9-12(14(15-2)22-17-9)13(19)16-8-7-10-3-5-11(6-4-10)18(20)21/h3-6,15H,7-8H2,1-2H3,(H,16,19). The lowest BCUT2D eigenvalue weighted by Crippen LogP contribution is -2.26. The molecule has 7 nitrogen and oxygen atoms in total. The van der Waals surface area contributed by atoms with E-state index in [2.05, 4.69) is 15.0 Å². The van der Waals surface area contributed by atoms with Gasteiger partial charge in [0.2, 0.25) is 0 Å². The van der Waals surface area contributed by atoms with Crippen LogP contribution in [0.3, 0.4) is 0 Å². The molecule has 1 amide bonds. The molecule has 0 aliphatic heterocycles. The van der Waals surface area contributed by atoms with Crippen LogP contribution < -0.4 is 10.6 Å². The lowest BCUT2D eigenvalue weighted by molar-refractivity contribution is -0.384. The van der Waals surface area contributed by atoms with E-state index in [4.69, 9.17) is 0 Å². The van der Waals surface area contributed by atoms with Crippen molar-refractivity contribution in [3.63, 3.8) is 0 Å². The van der Waals surface area contributed by atoms with Crippen molar-refractivity contribution in [1.29, 1.82) is 0 Å². The van der Waals surface area contributed by atoms with Crippen LogP contribution in [-0.2, 0) is 6.42 Å². The number of hydrogen-bond acceptors (Lipinski definition) is 6. The molecule has 0 unspecified atom stereocenters. The third-order valence-corrected chi connectivity index (χ3v) is 4.12. The van der Waals surface area contributed by atoms with E-state index in [9.17, 15) is 14.9 Å². The van der Waals surface area contributed by atoms with Crippen molar-refractivity contribution in [3.05, 3.63) is 51.2 Å². The van der Waals surface area contributed by atoms with Crippen molar-refractivity contribution in [2.75, 3.05) is 18.9 Å². The average molecular weight is 320 g/mol. The summed E-state index contributed by atoms with van der Waals surface area (Å²) < 4.78 is 4.16. The largest absolute Gasteiger partial charge is 0.378 e.